The van der Waals surface area contributed by atoms with E-state index < -0.39 is 20.7 Å². The van der Waals surface area contributed by atoms with Crippen molar-refractivity contribution in [1.82, 2.24) is 0 Å². The van der Waals surface area contributed by atoms with Crippen LogP contribution >= 0.6 is 12.6 Å². The van der Waals surface area contributed by atoms with Gasteiger partial charge in [0, 0.05) is 4.90 Å². The summed E-state index contributed by atoms with van der Waals surface area (Å²) in [6, 6.07) is 15.0. The second kappa shape index (κ2) is 6.59. The van der Waals surface area contributed by atoms with Crippen LogP contribution in [-0.4, -0.2) is 8.42 Å². The topological polar surface area (TPSA) is 60.2 Å². The lowest BCUT2D eigenvalue weighted by molar-refractivity contribution is 0.568. The average Bonchev–Trinajstić information content (AvgIpc) is 2.54. The minimum atomic E-state index is -4.11. The molecule has 25 heavy (non-hydrogen) atoms. The Kier molecular flexibility index (Phi) is 4.64. The molecule has 0 atom stereocenters. The zero-order valence-electron chi connectivity index (χ0n) is 12.8. The Bertz CT molecular complexity index is 1050. The predicted octanol–water partition coefficient (Wildman–Crippen LogP) is 4.23. The van der Waals surface area contributed by atoms with Gasteiger partial charge in [-0.1, -0.05) is 30.3 Å². The van der Waals surface area contributed by atoms with Crippen molar-refractivity contribution in [3.05, 3.63) is 72.3 Å². The van der Waals surface area contributed by atoms with E-state index in [1.54, 1.807) is 30.3 Å². The number of benzene rings is 3. The molecule has 3 aromatic carbocycles. The molecular weight excluding hydrogens is 364 g/mol. The van der Waals surface area contributed by atoms with Crippen LogP contribution < -0.4 is 5.14 Å². The maximum absolute atomic E-state index is 14.0. The smallest absolute Gasteiger partial charge is 0.225 e. The van der Waals surface area contributed by atoms with Gasteiger partial charge >= 0.3 is 0 Å². The van der Waals surface area contributed by atoms with Gasteiger partial charge in [-0.2, -0.15) is 0 Å². The van der Waals surface area contributed by atoms with Gasteiger partial charge in [-0.05, 0) is 52.6 Å². The van der Waals surface area contributed by atoms with E-state index >= 15 is 0 Å². The molecule has 0 heterocycles. The molecule has 0 aliphatic carbocycles. The normalized spacial score (nSPS) is 11.5. The second-order valence-electron chi connectivity index (χ2n) is 5.43. The summed E-state index contributed by atoms with van der Waals surface area (Å²) in [4.78, 5) is 0.0744. The molecule has 7 heteroatoms. The Morgan fingerprint density at radius 1 is 0.800 bits per heavy atom. The van der Waals surface area contributed by atoms with Crippen LogP contribution in [-0.2, 0) is 10.0 Å². The van der Waals surface area contributed by atoms with Crippen LogP contribution in [0.25, 0.3) is 22.3 Å². The monoisotopic (exact) mass is 377 g/mol. The Balaban J connectivity index is 2.01. The Morgan fingerprint density at radius 2 is 1.36 bits per heavy atom. The lowest BCUT2D eigenvalue weighted by atomic mass is 10.00. The van der Waals surface area contributed by atoms with Gasteiger partial charge in [0.2, 0.25) is 10.0 Å². The summed E-state index contributed by atoms with van der Waals surface area (Å²) in [5.74, 6) is -1.24. The molecule has 0 amide bonds. The van der Waals surface area contributed by atoms with E-state index in [4.69, 9.17) is 5.14 Å². The maximum Gasteiger partial charge on any atom is 0.240 e. The number of thiol groups is 1. The average molecular weight is 377 g/mol. The first-order valence-corrected chi connectivity index (χ1v) is 9.17. The Morgan fingerprint density at radius 3 is 1.92 bits per heavy atom. The summed E-state index contributed by atoms with van der Waals surface area (Å²) in [7, 11) is -4.11. The highest BCUT2D eigenvalue weighted by atomic mass is 32.2. The third-order valence-corrected chi connectivity index (χ3v) is 5.04. The summed E-state index contributed by atoms with van der Waals surface area (Å²) in [6.07, 6.45) is 0. The third-order valence-electron chi connectivity index (χ3n) is 3.72. The van der Waals surface area contributed by atoms with Gasteiger partial charge in [0.25, 0.3) is 0 Å². The van der Waals surface area contributed by atoms with Crippen molar-refractivity contribution >= 4 is 22.7 Å². The van der Waals surface area contributed by atoms with Crippen molar-refractivity contribution < 1.29 is 17.2 Å². The standard InChI is InChI=1S/C18H13F2NO2S2/c19-14-5-1-11(2-6-14)15-7-3-13(10-17(15)24)12-4-8-18(16(20)9-12)25(21,22)23/h1-10,24H,(H2,21,22,23). The molecule has 0 unspecified atom stereocenters. The van der Waals surface area contributed by atoms with E-state index in [9.17, 15) is 17.2 Å². The molecule has 0 aliphatic rings. The quantitative estimate of drug-likeness (QED) is 0.671. The number of sulfonamides is 1. The lowest BCUT2D eigenvalue weighted by Gasteiger charge is -2.10. The molecule has 2 N–H and O–H groups in total. The number of nitrogens with two attached hydrogens (primary N) is 1. The highest BCUT2D eigenvalue weighted by Crippen LogP contribution is 2.32. The molecule has 0 saturated heterocycles. The molecule has 3 rings (SSSR count). The molecule has 3 nitrogen and oxygen atoms in total. The number of hydrogen-bond donors (Lipinski definition) is 2. The number of hydrogen-bond acceptors (Lipinski definition) is 3. The van der Waals surface area contributed by atoms with Gasteiger partial charge in [0.05, 0.1) is 0 Å². The highest BCUT2D eigenvalue weighted by molar-refractivity contribution is 7.89. The molecule has 0 saturated carbocycles. The maximum atomic E-state index is 14.0. The predicted molar refractivity (Wildman–Crippen MR) is 95.9 cm³/mol. The molecule has 0 spiro atoms. The fraction of sp³-hybridized carbons (Fsp3) is 0. The van der Waals surface area contributed by atoms with Crippen LogP contribution in [0, 0.1) is 11.6 Å². The van der Waals surface area contributed by atoms with Gasteiger partial charge in [-0.25, -0.2) is 22.3 Å². The SMILES string of the molecule is NS(=O)(=O)c1ccc(-c2ccc(-c3ccc(F)cc3)c(S)c2)cc1F. The first-order valence-electron chi connectivity index (χ1n) is 7.17. The van der Waals surface area contributed by atoms with Gasteiger partial charge in [0.15, 0.2) is 0 Å². The fourth-order valence-corrected chi connectivity index (χ4v) is 3.43. The largest absolute Gasteiger partial charge is 0.240 e. The van der Waals surface area contributed by atoms with E-state index in [-0.39, 0.29) is 5.82 Å². The van der Waals surface area contributed by atoms with Crippen LogP contribution in [0.15, 0.2) is 70.5 Å². The zero-order chi connectivity index (χ0) is 18.2. The summed E-state index contributed by atoms with van der Waals surface area (Å²) in [6.45, 7) is 0. The van der Waals surface area contributed by atoms with Gasteiger partial charge in [-0.3, -0.25) is 0 Å². The van der Waals surface area contributed by atoms with Crippen molar-refractivity contribution in [2.75, 3.05) is 0 Å². The fourth-order valence-electron chi connectivity index (χ4n) is 2.50. The summed E-state index contributed by atoms with van der Waals surface area (Å²) >= 11 is 4.44. The van der Waals surface area contributed by atoms with Crippen LogP contribution in [0.2, 0.25) is 0 Å². The van der Waals surface area contributed by atoms with E-state index in [2.05, 4.69) is 12.6 Å². The molecular formula is C18H13F2NO2S2. The second-order valence-corrected chi connectivity index (χ2v) is 7.44. The summed E-state index contributed by atoms with van der Waals surface area (Å²) in [5.41, 5.74) is 2.75. The molecule has 3 aromatic rings. The molecule has 0 fully saturated rings. The van der Waals surface area contributed by atoms with Crippen molar-refractivity contribution in [3.63, 3.8) is 0 Å². The minimum absolute atomic E-state index is 0.327. The van der Waals surface area contributed by atoms with E-state index in [1.165, 1.54) is 18.2 Å². The highest BCUT2D eigenvalue weighted by Gasteiger charge is 2.15. The van der Waals surface area contributed by atoms with E-state index in [0.29, 0.717) is 16.0 Å². The number of rotatable bonds is 3. The van der Waals surface area contributed by atoms with Crippen molar-refractivity contribution in [1.29, 1.82) is 0 Å². The van der Waals surface area contributed by atoms with E-state index in [1.807, 2.05) is 0 Å². The third kappa shape index (κ3) is 3.73. The zero-order valence-corrected chi connectivity index (χ0v) is 14.5. The molecule has 0 bridgehead atoms. The molecule has 0 aromatic heterocycles. The summed E-state index contributed by atoms with van der Waals surface area (Å²) in [5, 5.41) is 4.96. The lowest BCUT2D eigenvalue weighted by Crippen LogP contribution is -2.13. The number of primary sulfonamides is 1. The van der Waals surface area contributed by atoms with Crippen LogP contribution in [0.1, 0.15) is 0 Å². The van der Waals surface area contributed by atoms with Crippen molar-refractivity contribution in [2.45, 2.75) is 9.79 Å². The molecule has 128 valence electrons. The molecule has 0 aliphatic heterocycles. The van der Waals surface area contributed by atoms with Gasteiger partial charge in [-0.15, -0.1) is 12.6 Å². The van der Waals surface area contributed by atoms with Gasteiger partial charge < -0.3 is 0 Å². The Labute approximate surface area is 149 Å². The summed E-state index contributed by atoms with van der Waals surface area (Å²) < 4.78 is 49.6. The van der Waals surface area contributed by atoms with Gasteiger partial charge in [0.1, 0.15) is 16.5 Å². The van der Waals surface area contributed by atoms with Crippen LogP contribution in [0.4, 0.5) is 8.78 Å². The first kappa shape index (κ1) is 17.6. The van der Waals surface area contributed by atoms with Crippen molar-refractivity contribution in [2.24, 2.45) is 5.14 Å². The number of halogens is 2. The van der Waals surface area contributed by atoms with Crippen molar-refractivity contribution in [3.8, 4) is 22.3 Å². The molecule has 0 radical (unpaired) electrons. The first-order chi connectivity index (χ1) is 11.8. The minimum Gasteiger partial charge on any atom is -0.225 e. The Hall–Kier alpha value is -2.22. The van der Waals surface area contributed by atoms with Crippen LogP contribution in [0.5, 0.6) is 0 Å². The van der Waals surface area contributed by atoms with Crippen LogP contribution in [0.3, 0.4) is 0 Å². The van der Waals surface area contributed by atoms with E-state index in [0.717, 1.165) is 23.3 Å².